The highest BCUT2D eigenvalue weighted by Gasteiger charge is 2.37. The minimum atomic E-state index is -4.97. The number of nitrogens with one attached hydrogen (secondary N) is 2. The molecule has 1 amide bonds. The summed E-state index contributed by atoms with van der Waals surface area (Å²) in [5.41, 5.74) is -2.54. The molecule has 0 bridgehead atoms. The lowest BCUT2D eigenvalue weighted by Gasteiger charge is -2.33. The van der Waals surface area contributed by atoms with Gasteiger partial charge >= 0.3 is 18.4 Å². The summed E-state index contributed by atoms with van der Waals surface area (Å²) >= 11 is 0. The molecule has 1 aromatic heterocycles. The van der Waals surface area contributed by atoms with Crippen molar-refractivity contribution in [2.24, 2.45) is 5.92 Å². The van der Waals surface area contributed by atoms with E-state index in [1.165, 1.54) is 4.90 Å². The van der Waals surface area contributed by atoms with E-state index in [0.717, 1.165) is 25.1 Å². The van der Waals surface area contributed by atoms with Crippen molar-refractivity contribution in [3.8, 4) is 0 Å². The molecule has 1 aromatic carbocycles. The number of amides is 1. The third kappa shape index (κ3) is 6.91. The zero-order valence-electron chi connectivity index (χ0n) is 21.1. The second-order valence-electron chi connectivity index (χ2n) is 10.2. The van der Waals surface area contributed by atoms with Crippen LogP contribution in [-0.4, -0.2) is 45.9 Å². The predicted molar refractivity (Wildman–Crippen MR) is 127 cm³/mol. The number of carbonyl (C=O) groups excluding carboxylic acids is 1. The first kappa shape index (κ1) is 28.1. The van der Waals surface area contributed by atoms with E-state index < -0.39 is 41.7 Å². The SMILES string of the molecule is CC(C)C1CC(Nc2cc3n(n2)CCCN(C(=O)OCc2cc(C(F)(F)F)cc(C(F)(F)F)c2)C3)CCN1. The summed E-state index contributed by atoms with van der Waals surface area (Å²) in [7, 11) is 0. The molecule has 2 aliphatic heterocycles. The molecule has 2 atom stereocenters. The topological polar surface area (TPSA) is 71.4 Å². The first-order valence-electron chi connectivity index (χ1n) is 12.6. The molecule has 7 nitrogen and oxygen atoms in total. The van der Waals surface area contributed by atoms with Gasteiger partial charge in [0.25, 0.3) is 0 Å². The van der Waals surface area contributed by atoms with Crippen LogP contribution in [0.2, 0.25) is 0 Å². The zero-order valence-corrected chi connectivity index (χ0v) is 21.1. The van der Waals surface area contributed by atoms with E-state index in [1.807, 2.05) is 6.07 Å². The molecule has 0 radical (unpaired) electrons. The molecule has 2 aromatic rings. The fourth-order valence-electron chi connectivity index (χ4n) is 4.83. The summed E-state index contributed by atoms with van der Waals surface area (Å²) in [5, 5.41) is 11.6. The molecule has 1 saturated heterocycles. The van der Waals surface area contributed by atoms with E-state index in [4.69, 9.17) is 4.74 Å². The van der Waals surface area contributed by atoms with E-state index in [-0.39, 0.29) is 18.7 Å². The van der Waals surface area contributed by atoms with Crippen molar-refractivity contribution >= 4 is 11.9 Å². The number of rotatable bonds is 5. The lowest BCUT2D eigenvalue weighted by atomic mass is 9.91. The first-order valence-corrected chi connectivity index (χ1v) is 12.6. The molecule has 1 fully saturated rings. The Hall–Kier alpha value is -2.96. The number of aromatic nitrogens is 2. The monoisotopic (exact) mass is 547 g/mol. The molecule has 2 N–H and O–H groups in total. The van der Waals surface area contributed by atoms with Crippen molar-refractivity contribution in [1.82, 2.24) is 20.0 Å². The van der Waals surface area contributed by atoms with Crippen LogP contribution in [0.25, 0.3) is 0 Å². The normalized spacial score (nSPS) is 20.7. The Morgan fingerprint density at radius 2 is 1.79 bits per heavy atom. The van der Waals surface area contributed by atoms with Gasteiger partial charge in [-0.2, -0.15) is 31.4 Å². The molecule has 0 aliphatic carbocycles. The van der Waals surface area contributed by atoms with E-state index in [1.54, 1.807) is 4.68 Å². The lowest BCUT2D eigenvalue weighted by molar-refractivity contribution is -0.143. The van der Waals surface area contributed by atoms with Gasteiger partial charge in [0.1, 0.15) is 12.4 Å². The van der Waals surface area contributed by atoms with Crippen LogP contribution in [0.15, 0.2) is 24.3 Å². The zero-order chi connectivity index (χ0) is 27.7. The van der Waals surface area contributed by atoms with Gasteiger partial charge in [-0.25, -0.2) is 4.79 Å². The minimum absolute atomic E-state index is 0.0414. The number of anilines is 1. The van der Waals surface area contributed by atoms with Crippen LogP contribution in [0.5, 0.6) is 0 Å². The Balaban J connectivity index is 1.40. The van der Waals surface area contributed by atoms with Crippen molar-refractivity contribution in [3.63, 3.8) is 0 Å². The van der Waals surface area contributed by atoms with Gasteiger partial charge in [0.2, 0.25) is 0 Å². The summed E-state index contributed by atoms with van der Waals surface area (Å²) in [6.45, 7) is 5.56. The van der Waals surface area contributed by atoms with Crippen molar-refractivity contribution < 1.29 is 35.9 Å². The summed E-state index contributed by atoms with van der Waals surface area (Å²) in [6.07, 6.45) is -8.29. The Morgan fingerprint density at radius 3 is 2.42 bits per heavy atom. The molecule has 210 valence electrons. The maximum atomic E-state index is 13.1. The third-order valence-electron chi connectivity index (χ3n) is 6.88. The largest absolute Gasteiger partial charge is 0.445 e. The van der Waals surface area contributed by atoms with Crippen molar-refractivity contribution in [2.45, 2.75) is 77.2 Å². The number of ether oxygens (including phenoxy) is 1. The Kier molecular flexibility index (Phi) is 8.15. The highest BCUT2D eigenvalue weighted by molar-refractivity contribution is 5.67. The molecule has 2 aliphatic rings. The lowest BCUT2D eigenvalue weighted by Crippen LogP contribution is -2.45. The fraction of sp³-hybridized carbons (Fsp3) is 0.600. The summed E-state index contributed by atoms with van der Waals surface area (Å²) in [6, 6.07) is 3.69. The summed E-state index contributed by atoms with van der Waals surface area (Å²) < 4.78 is 85.6. The number of piperidine rings is 1. The maximum Gasteiger partial charge on any atom is 0.416 e. The Labute approximate surface area is 216 Å². The minimum Gasteiger partial charge on any atom is -0.445 e. The highest BCUT2D eigenvalue weighted by atomic mass is 19.4. The van der Waals surface area contributed by atoms with Gasteiger partial charge < -0.3 is 20.3 Å². The quantitative estimate of drug-likeness (QED) is 0.474. The smallest absolute Gasteiger partial charge is 0.416 e. The molecule has 2 unspecified atom stereocenters. The number of alkyl halides is 6. The molecule has 0 spiro atoms. The van der Waals surface area contributed by atoms with Crippen LogP contribution in [0, 0.1) is 5.92 Å². The maximum absolute atomic E-state index is 13.1. The average Bonchev–Trinajstić information content (AvgIpc) is 3.10. The Bertz CT molecular complexity index is 1100. The summed E-state index contributed by atoms with van der Waals surface area (Å²) in [5.74, 6) is 1.21. The standard InChI is InChI=1S/C25H31F6N5O2/c1-15(2)21-11-19(4-5-32-21)33-22-12-20-13-35(6-3-7-36(20)34-22)23(37)38-14-16-8-17(24(26,27)28)10-18(9-16)25(29,30)31/h8-10,12,15,19,21,32H,3-7,11,13-14H2,1-2H3,(H,33,34). The average molecular weight is 548 g/mol. The van der Waals surface area contributed by atoms with Crippen molar-refractivity contribution in [1.29, 1.82) is 0 Å². The number of benzene rings is 1. The molecule has 4 rings (SSSR count). The third-order valence-corrected chi connectivity index (χ3v) is 6.88. The predicted octanol–water partition coefficient (Wildman–Crippen LogP) is 5.65. The second kappa shape index (κ2) is 11.0. The summed E-state index contributed by atoms with van der Waals surface area (Å²) in [4.78, 5) is 14.1. The van der Waals surface area contributed by atoms with Gasteiger partial charge in [0.15, 0.2) is 0 Å². The van der Waals surface area contributed by atoms with Gasteiger partial charge in [-0.05, 0) is 55.5 Å². The van der Waals surface area contributed by atoms with E-state index in [0.29, 0.717) is 49.4 Å². The fourth-order valence-corrected chi connectivity index (χ4v) is 4.83. The number of halogens is 6. The van der Waals surface area contributed by atoms with Crippen LogP contribution in [0.1, 0.15) is 55.5 Å². The number of hydrogen-bond acceptors (Lipinski definition) is 5. The number of nitrogens with zero attached hydrogens (tertiary/aromatic N) is 3. The van der Waals surface area contributed by atoms with Gasteiger partial charge in [0.05, 0.1) is 23.4 Å². The van der Waals surface area contributed by atoms with Gasteiger partial charge in [-0.1, -0.05) is 13.8 Å². The van der Waals surface area contributed by atoms with E-state index in [2.05, 4.69) is 29.6 Å². The first-order chi connectivity index (χ1) is 17.8. The number of aryl methyl sites for hydroxylation is 1. The van der Waals surface area contributed by atoms with E-state index in [9.17, 15) is 31.1 Å². The van der Waals surface area contributed by atoms with Crippen LogP contribution in [0.3, 0.4) is 0 Å². The molecule has 0 saturated carbocycles. The van der Waals surface area contributed by atoms with Crippen LogP contribution in [-0.2, 0) is 36.8 Å². The second-order valence-corrected chi connectivity index (χ2v) is 10.2. The molecule has 38 heavy (non-hydrogen) atoms. The molecular weight excluding hydrogens is 516 g/mol. The highest BCUT2D eigenvalue weighted by Crippen LogP contribution is 2.36. The van der Waals surface area contributed by atoms with Crippen molar-refractivity contribution in [2.75, 3.05) is 18.4 Å². The molecule has 13 heteroatoms. The van der Waals surface area contributed by atoms with Crippen LogP contribution >= 0.6 is 0 Å². The number of carbonyl (C=O) groups is 1. The molecule has 3 heterocycles. The number of fused-ring (bicyclic) bond motifs is 1. The van der Waals surface area contributed by atoms with Gasteiger partial charge in [0, 0.05) is 31.2 Å². The number of hydrogen-bond donors (Lipinski definition) is 2. The van der Waals surface area contributed by atoms with E-state index >= 15 is 0 Å². The molecular formula is C25H31F6N5O2. The Morgan fingerprint density at radius 1 is 1.11 bits per heavy atom. The van der Waals surface area contributed by atoms with Crippen LogP contribution < -0.4 is 10.6 Å². The van der Waals surface area contributed by atoms with Crippen LogP contribution in [0.4, 0.5) is 37.0 Å². The van der Waals surface area contributed by atoms with Crippen molar-refractivity contribution in [3.05, 3.63) is 46.6 Å². The van der Waals surface area contributed by atoms with Gasteiger partial charge in [-0.3, -0.25) is 4.68 Å². The van der Waals surface area contributed by atoms with Gasteiger partial charge in [-0.15, -0.1) is 0 Å².